The van der Waals surface area contributed by atoms with E-state index in [2.05, 4.69) is 31.0 Å². The lowest BCUT2D eigenvalue weighted by Crippen LogP contribution is -2.44. The second-order valence-electron chi connectivity index (χ2n) is 8.02. The minimum Gasteiger partial charge on any atom is -0.444 e. The number of aromatic nitrogens is 4. The van der Waals surface area contributed by atoms with Crippen LogP contribution >= 0.6 is 34.9 Å². The first-order chi connectivity index (χ1) is 14.5. The van der Waals surface area contributed by atoms with Gasteiger partial charge in [0.25, 0.3) is 0 Å². The van der Waals surface area contributed by atoms with Gasteiger partial charge in [0.1, 0.15) is 11.1 Å². The third-order valence-corrected chi connectivity index (χ3v) is 6.62. The van der Waals surface area contributed by atoms with Gasteiger partial charge in [0.2, 0.25) is 11.8 Å². The lowest BCUT2D eigenvalue weighted by Gasteiger charge is -2.26. The highest BCUT2D eigenvalue weighted by Crippen LogP contribution is 2.30. The van der Waals surface area contributed by atoms with Gasteiger partial charge in [-0.15, -0.1) is 10.2 Å². The average Bonchev–Trinajstić information content (AvgIpc) is 3.30. The van der Waals surface area contributed by atoms with Crippen molar-refractivity contribution in [1.29, 1.82) is 0 Å². The van der Waals surface area contributed by atoms with Gasteiger partial charge >= 0.3 is 6.09 Å². The van der Waals surface area contributed by atoms with E-state index in [1.807, 2.05) is 6.92 Å². The number of carbonyl (C=O) groups excluding carboxylic acids is 2. The smallest absolute Gasteiger partial charge is 0.408 e. The number of amides is 2. The zero-order valence-electron chi connectivity index (χ0n) is 18.5. The van der Waals surface area contributed by atoms with E-state index < -0.39 is 17.2 Å². The second kappa shape index (κ2) is 11.1. The number of nitrogens with one attached hydrogen (secondary N) is 2. The van der Waals surface area contributed by atoms with Gasteiger partial charge in [-0.3, -0.25) is 4.79 Å². The molecule has 0 saturated heterocycles. The largest absolute Gasteiger partial charge is 0.444 e. The number of carbonyl (C=O) groups is 2. The fourth-order valence-corrected chi connectivity index (χ4v) is 4.75. The average molecular weight is 489 g/mol. The fourth-order valence-electron chi connectivity index (χ4n) is 2.06. The van der Waals surface area contributed by atoms with Crippen molar-refractivity contribution in [2.45, 2.75) is 73.5 Å². The maximum atomic E-state index is 12.1. The molecule has 0 aliphatic heterocycles. The van der Waals surface area contributed by atoms with Crippen LogP contribution in [0.5, 0.6) is 0 Å². The van der Waals surface area contributed by atoms with Crippen molar-refractivity contribution < 1.29 is 18.8 Å². The monoisotopic (exact) mass is 488 g/mol. The first-order valence-electron chi connectivity index (χ1n) is 9.68. The van der Waals surface area contributed by atoms with Gasteiger partial charge in [0, 0.05) is 6.54 Å². The summed E-state index contributed by atoms with van der Waals surface area (Å²) >= 11 is 4.17. The van der Waals surface area contributed by atoms with Crippen LogP contribution in [0.2, 0.25) is 0 Å². The Hall–Kier alpha value is -1.86. The predicted octanol–water partition coefficient (Wildman–Crippen LogP) is 3.59. The van der Waals surface area contributed by atoms with E-state index in [9.17, 15) is 9.59 Å². The van der Waals surface area contributed by atoms with E-state index in [-0.39, 0.29) is 5.91 Å². The highest BCUT2D eigenvalue weighted by atomic mass is 32.2. The van der Waals surface area contributed by atoms with Crippen LogP contribution in [0.1, 0.15) is 59.7 Å². The van der Waals surface area contributed by atoms with Gasteiger partial charge in [-0.1, -0.05) is 46.9 Å². The summed E-state index contributed by atoms with van der Waals surface area (Å²) in [5, 5.41) is 17.8. The molecule has 172 valence electrons. The molecule has 2 aromatic rings. The molecule has 0 unspecified atom stereocenters. The molecule has 0 bridgehead atoms. The van der Waals surface area contributed by atoms with Crippen LogP contribution in [0.3, 0.4) is 0 Å². The van der Waals surface area contributed by atoms with Crippen LogP contribution in [0.4, 0.5) is 4.79 Å². The molecule has 0 spiro atoms. The molecule has 0 aliphatic carbocycles. The molecule has 0 fully saturated rings. The Labute approximate surface area is 194 Å². The maximum Gasteiger partial charge on any atom is 0.408 e. The quantitative estimate of drug-likeness (QED) is 0.478. The van der Waals surface area contributed by atoms with E-state index in [0.29, 0.717) is 29.8 Å². The SMILES string of the molecule is CCCNC(=O)CSc1nnc(SCc2nc(C(C)(C)NC(=O)OC(C)(C)C)no2)s1. The summed E-state index contributed by atoms with van der Waals surface area (Å²) < 4.78 is 12.0. The lowest BCUT2D eigenvalue weighted by molar-refractivity contribution is -0.118. The molecule has 0 atom stereocenters. The molecule has 0 saturated carbocycles. The molecule has 10 nitrogen and oxygen atoms in total. The summed E-state index contributed by atoms with van der Waals surface area (Å²) in [5.41, 5.74) is -1.46. The summed E-state index contributed by atoms with van der Waals surface area (Å²) in [6, 6.07) is 0. The van der Waals surface area contributed by atoms with Crippen molar-refractivity contribution >= 4 is 46.9 Å². The van der Waals surface area contributed by atoms with E-state index >= 15 is 0 Å². The number of alkyl carbamates (subject to hydrolysis) is 1. The van der Waals surface area contributed by atoms with Crippen LogP contribution in [0.25, 0.3) is 0 Å². The molecule has 2 aromatic heterocycles. The van der Waals surface area contributed by atoms with Crippen molar-refractivity contribution in [3.05, 3.63) is 11.7 Å². The minimum absolute atomic E-state index is 0.0164. The number of thioether (sulfide) groups is 2. The predicted molar refractivity (Wildman–Crippen MR) is 120 cm³/mol. The Bertz CT molecular complexity index is 878. The topological polar surface area (TPSA) is 132 Å². The van der Waals surface area contributed by atoms with Crippen LogP contribution in [0, 0.1) is 0 Å². The summed E-state index contributed by atoms with van der Waals surface area (Å²) in [6.45, 7) is 11.6. The number of ether oxygens (including phenoxy) is 1. The van der Waals surface area contributed by atoms with Gasteiger partial charge in [0.15, 0.2) is 14.5 Å². The number of nitrogens with zero attached hydrogens (tertiary/aromatic N) is 4. The Morgan fingerprint density at radius 2 is 1.81 bits per heavy atom. The molecule has 0 aromatic carbocycles. The lowest BCUT2D eigenvalue weighted by atomic mass is 10.1. The molecule has 2 heterocycles. The van der Waals surface area contributed by atoms with Crippen LogP contribution < -0.4 is 10.6 Å². The van der Waals surface area contributed by atoms with Crippen LogP contribution in [-0.2, 0) is 20.8 Å². The summed E-state index contributed by atoms with van der Waals surface area (Å²) in [4.78, 5) is 28.1. The molecule has 13 heteroatoms. The van der Waals surface area contributed by atoms with Crippen molar-refractivity contribution in [3.8, 4) is 0 Å². The van der Waals surface area contributed by atoms with Gasteiger partial charge in [-0.25, -0.2) is 4.79 Å². The first-order valence-corrected chi connectivity index (χ1v) is 12.5. The first kappa shape index (κ1) is 25.4. The highest BCUT2D eigenvalue weighted by Gasteiger charge is 2.31. The molecule has 0 aliphatic rings. The fraction of sp³-hybridized carbons (Fsp3) is 0.667. The standard InChI is InChI=1S/C18H28N6O4S3/c1-7-8-19-11(25)9-29-15-22-23-16(31-15)30-10-12-20-13(24-28-12)18(5,6)21-14(26)27-17(2,3)4/h7-10H2,1-6H3,(H,19,25)(H,21,26). The summed E-state index contributed by atoms with van der Waals surface area (Å²) in [5.74, 6) is 1.46. The molecule has 2 N–H and O–H groups in total. The van der Waals surface area contributed by atoms with E-state index in [0.717, 1.165) is 15.1 Å². The summed E-state index contributed by atoms with van der Waals surface area (Å²) in [7, 11) is 0. The van der Waals surface area contributed by atoms with Crippen molar-refractivity contribution in [2.24, 2.45) is 0 Å². The third-order valence-electron chi connectivity index (χ3n) is 3.45. The van der Waals surface area contributed by atoms with Gasteiger partial charge in [0.05, 0.1) is 11.5 Å². The third kappa shape index (κ3) is 9.03. The summed E-state index contributed by atoms with van der Waals surface area (Å²) in [6.07, 6.45) is 0.349. The van der Waals surface area contributed by atoms with Gasteiger partial charge < -0.3 is 19.9 Å². The Balaban J connectivity index is 1.84. The minimum atomic E-state index is -0.861. The Morgan fingerprint density at radius 1 is 1.13 bits per heavy atom. The zero-order valence-corrected chi connectivity index (χ0v) is 20.9. The van der Waals surface area contributed by atoms with Crippen LogP contribution in [-0.4, -0.2) is 50.2 Å². The molecule has 2 amide bonds. The number of hydrogen-bond donors (Lipinski definition) is 2. The maximum absolute atomic E-state index is 12.1. The zero-order chi connectivity index (χ0) is 23.1. The number of hydrogen-bond acceptors (Lipinski definition) is 11. The molecule has 31 heavy (non-hydrogen) atoms. The molecule has 0 radical (unpaired) electrons. The Morgan fingerprint density at radius 3 is 2.45 bits per heavy atom. The van der Waals surface area contributed by atoms with E-state index in [1.165, 1.54) is 34.9 Å². The highest BCUT2D eigenvalue weighted by molar-refractivity contribution is 8.03. The van der Waals surface area contributed by atoms with Gasteiger partial charge in [-0.05, 0) is 41.0 Å². The molecular formula is C18H28N6O4S3. The van der Waals surface area contributed by atoms with E-state index in [1.54, 1.807) is 34.6 Å². The Kier molecular flexibility index (Phi) is 9.13. The second-order valence-corrected chi connectivity index (χ2v) is 11.4. The van der Waals surface area contributed by atoms with E-state index in [4.69, 9.17) is 9.26 Å². The number of rotatable bonds is 10. The molecular weight excluding hydrogens is 460 g/mol. The molecule has 2 rings (SSSR count). The van der Waals surface area contributed by atoms with Crippen molar-refractivity contribution in [1.82, 2.24) is 31.0 Å². The normalized spacial score (nSPS) is 11.9. The van der Waals surface area contributed by atoms with Gasteiger partial charge in [-0.2, -0.15) is 4.98 Å². The van der Waals surface area contributed by atoms with Crippen molar-refractivity contribution in [2.75, 3.05) is 12.3 Å². The van der Waals surface area contributed by atoms with Crippen LogP contribution in [0.15, 0.2) is 13.2 Å². The van der Waals surface area contributed by atoms with Crippen molar-refractivity contribution in [3.63, 3.8) is 0 Å².